The van der Waals surface area contributed by atoms with Crippen molar-refractivity contribution in [3.63, 3.8) is 0 Å². The second-order valence-corrected chi connectivity index (χ2v) is 4.35. The van der Waals surface area contributed by atoms with Crippen LogP contribution in [0.1, 0.15) is 24.0 Å². The Kier molecular flexibility index (Phi) is 2.93. The minimum atomic E-state index is -0.368. The summed E-state index contributed by atoms with van der Waals surface area (Å²) in [5.41, 5.74) is 0. The highest BCUT2D eigenvalue weighted by Gasteiger charge is 2.24. The fourth-order valence-corrected chi connectivity index (χ4v) is 2.45. The summed E-state index contributed by atoms with van der Waals surface area (Å²) < 4.78 is 0. The Hall–Kier alpha value is -0.450. The Bertz CT molecular complexity index is 244. The van der Waals surface area contributed by atoms with E-state index in [0.29, 0.717) is 5.92 Å². The van der Waals surface area contributed by atoms with E-state index < -0.39 is 0 Å². The highest BCUT2D eigenvalue weighted by Crippen LogP contribution is 2.27. The number of hydrogen-bond acceptors (Lipinski definition) is 4. The van der Waals surface area contributed by atoms with Crippen molar-refractivity contribution in [1.29, 1.82) is 0 Å². The molecule has 1 saturated heterocycles. The zero-order chi connectivity index (χ0) is 9.10. The van der Waals surface area contributed by atoms with Crippen LogP contribution < -0.4 is 5.32 Å². The molecule has 2 rings (SSSR count). The molecule has 1 aliphatic heterocycles. The third-order valence-electron chi connectivity index (χ3n) is 2.49. The lowest BCUT2D eigenvalue weighted by Gasteiger charge is -2.25. The minimum absolute atomic E-state index is 0.347. The number of aliphatic hydroxyl groups is 1. The van der Waals surface area contributed by atoms with Crippen LogP contribution in [0.15, 0.2) is 11.6 Å². The standard InChI is InChI=1S/C9H14N2OS/c12-8(9-11-4-5-13-9)7-2-1-3-10-6-7/h4-5,7-8,10,12H,1-3,6H2/t7-,8-/m0/s1. The predicted octanol–water partition coefficient (Wildman–Crippen LogP) is 1.18. The lowest BCUT2D eigenvalue weighted by atomic mass is 9.94. The van der Waals surface area contributed by atoms with E-state index >= 15 is 0 Å². The molecule has 1 aromatic heterocycles. The van der Waals surface area contributed by atoms with Gasteiger partial charge in [-0.1, -0.05) is 0 Å². The summed E-state index contributed by atoms with van der Waals surface area (Å²) in [6, 6.07) is 0. The van der Waals surface area contributed by atoms with Crippen LogP contribution in [0.5, 0.6) is 0 Å². The Balaban J connectivity index is 1.99. The Morgan fingerprint density at radius 1 is 1.69 bits per heavy atom. The molecule has 2 atom stereocenters. The molecule has 1 aromatic rings. The molecular weight excluding hydrogens is 184 g/mol. The predicted molar refractivity (Wildman–Crippen MR) is 52.7 cm³/mol. The van der Waals surface area contributed by atoms with Gasteiger partial charge in [0, 0.05) is 24.0 Å². The molecule has 0 bridgehead atoms. The van der Waals surface area contributed by atoms with Gasteiger partial charge in [-0.05, 0) is 19.4 Å². The van der Waals surface area contributed by atoms with Gasteiger partial charge < -0.3 is 10.4 Å². The summed E-state index contributed by atoms with van der Waals surface area (Å²) in [6.07, 6.45) is 3.65. The molecule has 0 aliphatic carbocycles. The van der Waals surface area contributed by atoms with Crippen molar-refractivity contribution in [2.45, 2.75) is 18.9 Å². The third kappa shape index (κ3) is 2.07. The Morgan fingerprint density at radius 3 is 3.23 bits per heavy atom. The van der Waals surface area contributed by atoms with E-state index in [2.05, 4.69) is 10.3 Å². The van der Waals surface area contributed by atoms with Crippen LogP contribution in [0.25, 0.3) is 0 Å². The largest absolute Gasteiger partial charge is 0.386 e. The van der Waals surface area contributed by atoms with Crippen molar-refractivity contribution in [3.05, 3.63) is 16.6 Å². The number of aliphatic hydroxyl groups excluding tert-OH is 1. The molecule has 2 N–H and O–H groups in total. The maximum Gasteiger partial charge on any atom is 0.121 e. The number of rotatable bonds is 2. The normalized spacial score (nSPS) is 25.8. The summed E-state index contributed by atoms with van der Waals surface area (Å²) in [6.45, 7) is 2.00. The zero-order valence-corrected chi connectivity index (χ0v) is 8.26. The minimum Gasteiger partial charge on any atom is -0.386 e. The number of piperidine rings is 1. The average molecular weight is 198 g/mol. The van der Waals surface area contributed by atoms with Crippen LogP contribution in [0, 0.1) is 5.92 Å². The zero-order valence-electron chi connectivity index (χ0n) is 7.44. The summed E-state index contributed by atoms with van der Waals surface area (Å²) in [5.74, 6) is 0.347. The van der Waals surface area contributed by atoms with Gasteiger partial charge in [0.2, 0.25) is 0 Å². The summed E-state index contributed by atoms with van der Waals surface area (Å²) in [4.78, 5) is 4.13. The van der Waals surface area contributed by atoms with Crippen molar-refractivity contribution in [2.24, 2.45) is 5.92 Å². The van der Waals surface area contributed by atoms with Gasteiger partial charge in [-0.2, -0.15) is 0 Å². The first-order valence-electron chi connectivity index (χ1n) is 4.66. The molecule has 0 radical (unpaired) electrons. The second-order valence-electron chi connectivity index (χ2n) is 3.42. The Labute approximate surface area is 81.8 Å². The van der Waals surface area contributed by atoms with E-state index in [1.54, 1.807) is 6.20 Å². The molecule has 3 nitrogen and oxygen atoms in total. The van der Waals surface area contributed by atoms with Crippen molar-refractivity contribution in [3.8, 4) is 0 Å². The molecule has 1 aliphatic rings. The quantitative estimate of drug-likeness (QED) is 0.750. The van der Waals surface area contributed by atoms with E-state index in [4.69, 9.17) is 0 Å². The number of hydrogen-bond donors (Lipinski definition) is 2. The fourth-order valence-electron chi connectivity index (χ4n) is 1.73. The SMILES string of the molecule is O[C@H](c1nccs1)[C@H]1CCCNC1. The monoisotopic (exact) mass is 198 g/mol. The summed E-state index contributed by atoms with van der Waals surface area (Å²) in [7, 11) is 0. The first-order chi connectivity index (χ1) is 6.38. The van der Waals surface area contributed by atoms with Crippen molar-refractivity contribution < 1.29 is 5.11 Å². The molecule has 0 saturated carbocycles. The van der Waals surface area contributed by atoms with Crippen LogP contribution in [-0.2, 0) is 0 Å². The maximum absolute atomic E-state index is 9.94. The lowest BCUT2D eigenvalue weighted by molar-refractivity contribution is 0.0919. The topological polar surface area (TPSA) is 45.2 Å². The third-order valence-corrected chi connectivity index (χ3v) is 3.33. The molecule has 0 spiro atoms. The molecule has 4 heteroatoms. The van der Waals surface area contributed by atoms with E-state index in [0.717, 1.165) is 30.9 Å². The molecule has 13 heavy (non-hydrogen) atoms. The summed E-state index contributed by atoms with van der Waals surface area (Å²) >= 11 is 1.54. The number of thiazole rings is 1. The van der Waals surface area contributed by atoms with Crippen molar-refractivity contribution >= 4 is 11.3 Å². The first-order valence-corrected chi connectivity index (χ1v) is 5.54. The summed E-state index contributed by atoms with van der Waals surface area (Å²) in [5, 5.41) is 16.0. The Morgan fingerprint density at radius 2 is 2.62 bits per heavy atom. The maximum atomic E-state index is 9.94. The highest BCUT2D eigenvalue weighted by atomic mass is 32.1. The molecule has 0 aromatic carbocycles. The van der Waals surface area contributed by atoms with Gasteiger partial charge in [-0.25, -0.2) is 4.98 Å². The van der Waals surface area contributed by atoms with Gasteiger partial charge in [-0.15, -0.1) is 11.3 Å². The molecule has 2 heterocycles. The number of aromatic nitrogens is 1. The van der Waals surface area contributed by atoms with E-state index in [1.165, 1.54) is 11.3 Å². The van der Waals surface area contributed by atoms with Gasteiger partial charge in [-0.3, -0.25) is 0 Å². The molecule has 0 unspecified atom stereocenters. The van der Waals surface area contributed by atoms with Crippen LogP contribution in [-0.4, -0.2) is 23.2 Å². The van der Waals surface area contributed by atoms with Gasteiger partial charge in [0.25, 0.3) is 0 Å². The number of nitrogens with one attached hydrogen (secondary N) is 1. The van der Waals surface area contributed by atoms with Crippen LogP contribution in [0.3, 0.4) is 0 Å². The van der Waals surface area contributed by atoms with E-state index in [9.17, 15) is 5.11 Å². The fraction of sp³-hybridized carbons (Fsp3) is 0.667. The van der Waals surface area contributed by atoms with Crippen molar-refractivity contribution in [1.82, 2.24) is 10.3 Å². The smallest absolute Gasteiger partial charge is 0.121 e. The lowest BCUT2D eigenvalue weighted by Crippen LogP contribution is -2.33. The molecular formula is C9H14N2OS. The van der Waals surface area contributed by atoms with Crippen LogP contribution in [0.2, 0.25) is 0 Å². The van der Waals surface area contributed by atoms with Gasteiger partial charge >= 0.3 is 0 Å². The van der Waals surface area contributed by atoms with Crippen molar-refractivity contribution in [2.75, 3.05) is 13.1 Å². The van der Waals surface area contributed by atoms with Crippen LogP contribution in [0.4, 0.5) is 0 Å². The van der Waals surface area contributed by atoms with Gasteiger partial charge in [0.05, 0.1) is 0 Å². The second kappa shape index (κ2) is 4.17. The first kappa shape index (κ1) is 9.12. The molecule has 72 valence electrons. The van der Waals surface area contributed by atoms with Gasteiger partial charge in [0.1, 0.15) is 11.1 Å². The molecule has 0 amide bonds. The highest BCUT2D eigenvalue weighted by molar-refractivity contribution is 7.09. The average Bonchev–Trinajstić information content (AvgIpc) is 2.71. The number of nitrogens with zero attached hydrogens (tertiary/aromatic N) is 1. The van der Waals surface area contributed by atoms with E-state index in [-0.39, 0.29) is 6.10 Å². The van der Waals surface area contributed by atoms with Crippen LogP contribution >= 0.6 is 11.3 Å². The molecule has 1 fully saturated rings. The van der Waals surface area contributed by atoms with E-state index in [1.807, 2.05) is 5.38 Å². The van der Waals surface area contributed by atoms with Gasteiger partial charge in [0.15, 0.2) is 0 Å².